The summed E-state index contributed by atoms with van der Waals surface area (Å²) in [4.78, 5) is 17.4. The van der Waals surface area contributed by atoms with Crippen molar-refractivity contribution in [3.63, 3.8) is 0 Å². The van der Waals surface area contributed by atoms with Crippen LogP contribution in [0.2, 0.25) is 0 Å². The zero-order chi connectivity index (χ0) is 22.9. The van der Waals surface area contributed by atoms with E-state index in [2.05, 4.69) is 65.1 Å². The van der Waals surface area contributed by atoms with E-state index in [4.69, 9.17) is 4.74 Å². The Hall–Kier alpha value is -3.05. The Kier molecular flexibility index (Phi) is 5.98. The topological polar surface area (TPSA) is 34.5 Å². The van der Waals surface area contributed by atoms with Gasteiger partial charge < -0.3 is 14.2 Å². The molecule has 1 aliphatic heterocycles. The second-order valence-corrected chi connectivity index (χ2v) is 9.57. The molecule has 0 aliphatic carbocycles. The molecule has 5 heteroatoms. The smallest absolute Gasteiger partial charge is 0.256 e. The third-order valence-electron chi connectivity index (χ3n) is 6.86. The first-order valence-electron chi connectivity index (χ1n) is 11.8. The number of nitrogens with zero attached hydrogens (tertiary/aromatic N) is 2. The van der Waals surface area contributed by atoms with E-state index < -0.39 is 0 Å². The molecule has 1 unspecified atom stereocenters. The Morgan fingerprint density at radius 1 is 1.15 bits per heavy atom. The first-order valence-corrected chi connectivity index (χ1v) is 12.6. The van der Waals surface area contributed by atoms with Gasteiger partial charge in [0.25, 0.3) is 5.91 Å². The predicted octanol–water partition coefficient (Wildman–Crippen LogP) is 6.28. The van der Waals surface area contributed by atoms with E-state index in [1.807, 2.05) is 18.3 Å². The van der Waals surface area contributed by atoms with Crippen molar-refractivity contribution in [3.8, 4) is 5.75 Å². The Morgan fingerprint density at radius 3 is 2.79 bits per heavy atom. The highest BCUT2D eigenvalue weighted by atomic mass is 32.1. The van der Waals surface area contributed by atoms with Gasteiger partial charge in [0.2, 0.25) is 0 Å². The SMILES string of the molecule is CCc1ccc(CC2c3sccc3CCN2C(=O)c2cn(CC)c3ccccc23)cc1OC. The molecule has 2 aromatic carbocycles. The number of methoxy groups -OCH3 is 1. The second kappa shape index (κ2) is 9.06. The normalized spacial score (nSPS) is 15.6. The summed E-state index contributed by atoms with van der Waals surface area (Å²) in [6, 6.07) is 17.0. The molecule has 4 aromatic rings. The van der Waals surface area contributed by atoms with Crippen LogP contribution in [-0.4, -0.2) is 29.0 Å². The number of hydrogen-bond acceptors (Lipinski definition) is 3. The largest absolute Gasteiger partial charge is 0.496 e. The lowest BCUT2D eigenvalue weighted by molar-refractivity contribution is 0.0666. The summed E-state index contributed by atoms with van der Waals surface area (Å²) < 4.78 is 7.82. The molecule has 5 rings (SSSR count). The molecule has 1 atom stereocenters. The molecule has 0 radical (unpaired) electrons. The molecule has 4 nitrogen and oxygen atoms in total. The maximum Gasteiger partial charge on any atom is 0.256 e. The average Bonchev–Trinajstić information content (AvgIpc) is 3.48. The van der Waals surface area contributed by atoms with Gasteiger partial charge in [-0.1, -0.05) is 37.3 Å². The van der Waals surface area contributed by atoms with Gasteiger partial charge in [-0.2, -0.15) is 0 Å². The van der Waals surface area contributed by atoms with Gasteiger partial charge in [-0.15, -0.1) is 11.3 Å². The van der Waals surface area contributed by atoms with E-state index in [-0.39, 0.29) is 11.9 Å². The minimum Gasteiger partial charge on any atom is -0.496 e. The number of ether oxygens (including phenoxy) is 1. The number of aromatic nitrogens is 1. The molecule has 0 N–H and O–H groups in total. The first kappa shape index (κ1) is 21.8. The fraction of sp³-hybridized carbons (Fsp3) is 0.321. The van der Waals surface area contributed by atoms with Crippen LogP contribution < -0.4 is 4.74 Å². The van der Waals surface area contributed by atoms with E-state index in [0.29, 0.717) is 0 Å². The molecule has 0 saturated carbocycles. The highest BCUT2D eigenvalue weighted by molar-refractivity contribution is 7.10. The van der Waals surface area contributed by atoms with Crippen molar-refractivity contribution in [3.05, 3.63) is 87.2 Å². The summed E-state index contributed by atoms with van der Waals surface area (Å²) in [5.74, 6) is 1.06. The van der Waals surface area contributed by atoms with Crippen LogP contribution in [0.1, 0.15) is 51.8 Å². The van der Waals surface area contributed by atoms with Gasteiger partial charge in [0.15, 0.2) is 0 Å². The number of fused-ring (bicyclic) bond motifs is 2. The third-order valence-corrected chi connectivity index (χ3v) is 7.92. The quantitative estimate of drug-likeness (QED) is 0.341. The lowest BCUT2D eigenvalue weighted by Gasteiger charge is -2.36. The number of carbonyl (C=O) groups is 1. The lowest BCUT2D eigenvalue weighted by Crippen LogP contribution is -2.40. The van der Waals surface area contributed by atoms with Crippen LogP contribution in [0.15, 0.2) is 60.1 Å². The van der Waals surface area contributed by atoms with Gasteiger partial charge in [0.05, 0.1) is 18.7 Å². The van der Waals surface area contributed by atoms with Gasteiger partial charge in [-0.05, 0) is 66.5 Å². The molecule has 3 heterocycles. The fourth-order valence-electron chi connectivity index (χ4n) is 5.10. The van der Waals surface area contributed by atoms with Crippen molar-refractivity contribution in [2.75, 3.05) is 13.7 Å². The highest BCUT2D eigenvalue weighted by Gasteiger charge is 2.33. The van der Waals surface area contributed by atoms with Crippen molar-refractivity contribution in [1.82, 2.24) is 9.47 Å². The summed E-state index contributed by atoms with van der Waals surface area (Å²) in [6.07, 6.45) is 4.67. The van der Waals surface area contributed by atoms with Gasteiger partial charge >= 0.3 is 0 Å². The summed E-state index contributed by atoms with van der Waals surface area (Å²) in [6.45, 7) is 5.85. The number of hydrogen-bond donors (Lipinski definition) is 0. The van der Waals surface area contributed by atoms with Crippen LogP contribution in [0.3, 0.4) is 0 Å². The van der Waals surface area contributed by atoms with E-state index in [1.54, 1.807) is 18.4 Å². The van der Waals surface area contributed by atoms with Crippen molar-refractivity contribution < 1.29 is 9.53 Å². The van der Waals surface area contributed by atoms with Crippen LogP contribution >= 0.6 is 11.3 Å². The molecular formula is C28H30N2O2S. The second-order valence-electron chi connectivity index (χ2n) is 8.62. The molecule has 0 spiro atoms. The van der Waals surface area contributed by atoms with Gasteiger partial charge in [0, 0.05) is 35.1 Å². The minimum atomic E-state index is 0.0298. The Bertz CT molecular complexity index is 1300. The fourth-order valence-corrected chi connectivity index (χ4v) is 6.16. The molecule has 0 bridgehead atoms. The minimum absolute atomic E-state index is 0.0298. The predicted molar refractivity (Wildman–Crippen MR) is 135 cm³/mol. The van der Waals surface area contributed by atoms with Crippen molar-refractivity contribution in [2.45, 2.75) is 45.7 Å². The number of amides is 1. The van der Waals surface area contributed by atoms with Gasteiger partial charge in [0.1, 0.15) is 5.75 Å². The first-order chi connectivity index (χ1) is 16.1. The van der Waals surface area contributed by atoms with E-state index in [0.717, 1.165) is 54.6 Å². The summed E-state index contributed by atoms with van der Waals surface area (Å²) in [5.41, 5.74) is 5.71. The molecule has 0 fully saturated rings. The van der Waals surface area contributed by atoms with Crippen molar-refractivity contribution >= 4 is 28.1 Å². The Balaban J connectivity index is 1.54. The van der Waals surface area contributed by atoms with Crippen LogP contribution in [0, 0.1) is 0 Å². The summed E-state index contributed by atoms with van der Waals surface area (Å²) >= 11 is 1.77. The lowest BCUT2D eigenvalue weighted by atomic mass is 9.94. The molecular weight excluding hydrogens is 428 g/mol. The van der Waals surface area contributed by atoms with Crippen molar-refractivity contribution in [2.24, 2.45) is 0 Å². The molecule has 1 aliphatic rings. The molecule has 0 saturated heterocycles. The molecule has 33 heavy (non-hydrogen) atoms. The zero-order valence-electron chi connectivity index (χ0n) is 19.5. The highest BCUT2D eigenvalue weighted by Crippen LogP contribution is 2.38. The van der Waals surface area contributed by atoms with E-state index >= 15 is 0 Å². The number of thiophene rings is 1. The van der Waals surface area contributed by atoms with Crippen LogP contribution in [0.4, 0.5) is 0 Å². The maximum absolute atomic E-state index is 14.0. The standard InChI is InChI=1S/C28H30N2O2S/c1-4-20-11-10-19(17-26(20)32-3)16-25-27-21(13-15-33-27)12-14-30(25)28(31)23-18-29(5-2)24-9-7-6-8-22(23)24/h6-11,13,15,17-18,25H,4-5,12,14,16H2,1-3H3. The van der Waals surface area contributed by atoms with E-state index in [1.165, 1.54) is 21.6 Å². The zero-order valence-corrected chi connectivity index (χ0v) is 20.3. The van der Waals surface area contributed by atoms with E-state index in [9.17, 15) is 4.79 Å². The summed E-state index contributed by atoms with van der Waals surface area (Å²) in [5, 5.41) is 3.20. The maximum atomic E-state index is 14.0. The Morgan fingerprint density at radius 2 is 2.00 bits per heavy atom. The van der Waals surface area contributed by atoms with Crippen LogP contribution in [0.25, 0.3) is 10.9 Å². The number of carbonyl (C=O) groups excluding carboxylic acids is 1. The molecule has 1 amide bonds. The molecule has 2 aromatic heterocycles. The Labute approximate surface area is 199 Å². The summed E-state index contributed by atoms with van der Waals surface area (Å²) in [7, 11) is 1.73. The molecule has 170 valence electrons. The number of aryl methyl sites for hydroxylation is 2. The van der Waals surface area contributed by atoms with Gasteiger partial charge in [-0.25, -0.2) is 0 Å². The average molecular weight is 459 g/mol. The monoisotopic (exact) mass is 458 g/mol. The number of para-hydroxylation sites is 1. The van der Waals surface area contributed by atoms with Gasteiger partial charge in [-0.3, -0.25) is 4.79 Å². The third kappa shape index (κ3) is 3.84. The van der Waals surface area contributed by atoms with Crippen LogP contribution in [0.5, 0.6) is 5.75 Å². The van der Waals surface area contributed by atoms with Crippen LogP contribution in [-0.2, 0) is 25.8 Å². The number of benzene rings is 2. The van der Waals surface area contributed by atoms with Crippen molar-refractivity contribution in [1.29, 1.82) is 0 Å². The number of rotatable bonds is 6.